The summed E-state index contributed by atoms with van der Waals surface area (Å²) < 4.78 is 0. The van der Waals surface area contributed by atoms with Gasteiger partial charge in [0.05, 0.1) is 0 Å². The zero-order valence-corrected chi connectivity index (χ0v) is 13.9. The molecule has 0 radical (unpaired) electrons. The van der Waals surface area contributed by atoms with Gasteiger partial charge in [-0.1, -0.05) is 67.6 Å². The van der Waals surface area contributed by atoms with Crippen LogP contribution in [-0.2, 0) is 22.4 Å². The van der Waals surface area contributed by atoms with Gasteiger partial charge in [0.1, 0.15) is 11.6 Å². The van der Waals surface area contributed by atoms with Gasteiger partial charge < -0.3 is 0 Å². The van der Waals surface area contributed by atoms with Crippen molar-refractivity contribution < 1.29 is 9.59 Å². The summed E-state index contributed by atoms with van der Waals surface area (Å²) in [4.78, 5) is 24.4. The highest BCUT2D eigenvalue weighted by molar-refractivity contribution is 5.88. The largest absolute Gasteiger partial charge is 0.300 e. The minimum absolute atomic E-state index is 0.0602. The van der Waals surface area contributed by atoms with E-state index in [2.05, 4.69) is 0 Å². The van der Waals surface area contributed by atoms with Gasteiger partial charge in [0.25, 0.3) is 0 Å². The summed E-state index contributed by atoms with van der Waals surface area (Å²) in [6.07, 6.45) is 1.70. The van der Waals surface area contributed by atoms with Crippen LogP contribution in [0.3, 0.4) is 0 Å². The van der Waals surface area contributed by atoms with E-state index in [-0.39, 0.29) is 23.4 Å². The molecular formula is C21H24O2. The van der Waals surface area contributed by atoms with Crippen LogP contribution >= 0.6 is 0 Å². The molecule has 0 heterocycles. The number of hydrogen-bond donors (Lipinski definition) is 0. The molecule has 0 saturated heterocycles. The summed E-state index contributed by atoms with van der Waals surface area (Å²) in [5.74, 6) is -0.0164. The number of carbonyl (C=O) groups excluding carboxylic acids is 2. The van der Waals surface area contributed by atoms with Crippen LogP contribution < -0.4 is 0 Å². The first-order chi connectivity index (χ1) is 11.1. The second kappa shape index (κ2) is 8.42. The Morgan fingerprint density at radius 1 is 0.826 bits per heavy atom. The lowest BCUT2D eigenvalue weighted by molar-refractivity contribution is -0.128. The van der Waals surface area contributed by atoms with E-state index in [0.29, 0.717) is 12.8 Å². The highest BCUT2D eigenvalue weighted by Gasteiger charge is 2.22. The zero-order chi connectivity index (χ0) is 16.7. The number of benzene rings is 2. The second-order valence-corrected chi connectivity index (χ2v) is 6.26. The van der Waals surface area contributed by atoms with Crippen LogP contribution in [0.1, 0.15) is 31.4 Å². The van der Waals surface area contributed by atoms with Crippen molar-refractivity contribution >= 4 is 11.6 Å². The van der Waals surface area contributed by atoms with Crippen LogP contribution in [-0.4, -0.2) is 11.6 Å². The fraction of sp³-hybridized carbons (Fsp3) is 0.333. The Hall–Kier alpha value is -2.22. The van der Waals surface area contributed by atoms with E-state index in [1.165, 1.54) is 0 Å². The molecule has 0 saturated carbocycles. The number of hydrogen-bond acceptors (Lipinski definition) is 2. The zero-order valence-electron chi connectivity index (χ0n) is 13.9. The smallest absolute Gasteiger partial charge is 0.136 e. The van der Waals surface area contributed by atoms with Gasteiger partial charge >= 0.3 is 0 Å². The maximum absolute atomic E-state index is 12.5. The molecule has 0 amide bonds. The predicted octanol–water partition coefficient (Wildman–Crippen LogP) is 4.27. The van der Waals surface area contributed by atoms with Gasteiger partial charge in [0.2, 0.25) is 0 Å². The third-order valence-electron chi connectivity index (χ3n) is 4.28. The van der Waals surface area contributed by atoms with Crippen molar-refractivity contribution in [1.29, 1.82) is 0 Å². The highest BCUT2D eigenvalue weighted by atomic mass is 16.1. The Balaban J connectivity index is 1.96. The van der Waals surface area contributed by atoms with Crippen LogP contribution in [0.2, 0.25) is 0 Å². The standard InChI is InChI=1S/C21H24O2/c1-16(13-18-9-5-3-6-10-18)21(23)15-20(17(2)22)14-19-11-7-4-8-12-19/h3-12,16,20H,13-15H2,1-2H3/t16-,20?/m1/s1. The first kappa shape index (κ1) is 17.1. The maximum Gasteiger partial charge on any atom is 0.136 e. The molecule has 2 aromatic carbocycles. The molecule has 0 fully saturated rings. The lowest BCUT2D eigenvalue weighted by Crippen LogP contribution is -2.23. The van der Waals surface area contributed by atoms with Crippen molar-refractivity contribution in [3.63, 3.8) is 0 Å². The number of ketones is 2. The van der Waals surface area contributed by atoms with Crippen LogP contribution in [0.5, 0.6) is 0 Å². The van der Waals surface area contributed by atoms with Gasteiger partial charge in [0.15, 0.2) is 0 Å². The minimum Gasteiger partial charge on any atom is -0.300 e. The third-order valence-corrected chi connectivity index (χ3v) is 4.28. The van der Waals surface area contributed by atoms with Gasteiger partial charge in [-0.15, -0.1) is 0 Å². The Morgan fingerprint density at radius 3 is 1.78 bits per heavy atom. The monoisotopic (exact) mass is 308 g/mol. The van der Waals surface area contributed by atoms with E-state index in [1.54, 1.807) is 6.92 Å². The molecule has 2 aromatic rings. The lowest BCUT2D eigenvalue weighted by Gasteiger charge is -2.16. The van der Waals surface area contributed by atoms with Gasteiger partial charge in [0, 0.05) is 18.3 Å². The molecule has 0 bridgehead atoms. The van der Waals surface area contributed by atoms with Crippen LogP contribution in [0, 0.1) is 11.8 Å². The predicted molar refractivity (Wildman–Crippen MR) is 93.3 cm³/mol. The second-order valence-electron chi connectivity index (χ2n) is 6.26. The van der Waals surface area contributed by atoms with Crippen LogP contribution in [0.25, 0.3) is 0 Å². The first-order valence-corrected chi connectivity index (χ1v) is 8.17. The summed E-state index contributed by atoms with van der Waals surface area (Å²) in [5, 5.41) is 0. The average molecular weight is 308 g/mol. The van der Waals surface area contributed by atoms with E-state index < -0.39 is 0 Å². The number of Topliss-reactive ketones (excluding diaryl/α,β-unsaturated/α-hetero) is 2. The third kappa shape index (κ3) is 5.48. The van der Waals surface area contributed by atoms with Crippen molar-refractivity contribution in [1.82, 2.24) is 0 Å². The normalized spacial score (nSPS) is 13.3. The summed E-state index contributed by atoms with van der Waals surface area (Å²) >= 11 is 0. The molecule has 120 valence electrons. The molecule has 2 nitrogen and oxygen atoms in total. The maximum atomic E-state index is 12.5. The quantitative estimate of drug-likeness (QED) is 0.729. The van der Waals surface area contributed by atoms with Crippen LogP contribution in [0.15, 0.2) is 60.7 Å². The number of rotatable bonds is 8. The number of carbonyl (C=O) groups is 2. The molecule has 1 unspecified atom stereocenters. The molecule has 2 rings (SSSR count). The van der Waals surface area contributed by atoms with Gasteiger partial charge in [-0.3, -0.25) is 9.59 Å². The van der Waals surface area contributed by atoms with Crippen molar-refractivity contribution in [3.8, 4) is 0 Å². The summed E-state index contributed by atoms with van der Waals surface area (Å²) in [7, 11) is 0. The van der Waals surface area contributed by atoms with E-state index in [1.807, 2.05) is 67.6 Å². The molecule has 0 aliphatic rings. The molecule has 2 heteroatoms. The van der Waals surface area contributed by atoms with Crippen molar-refractivity contribution in [2.24, 2.45) is 11.8 Å². The van der Waals surface area contributed by atoms with E-state index in [9.17, 15) is 9.59 Å². The molecule has 0 spiro atoms. The molecule has 2 atom stereocenters. The van der Waals surface area contributed by atoms with Crippen molar-refractivity contribution in [3.05, 3.63) is 71.8 Å². The molecule has 0 N–H and O–H groups in total. The lowest BCUT2D eigenvalue weighted by atomic mass is 9.86. The molecule has 23 heavy (non-hydrogen) atoms. The van der Waals surface area contributed by atoms with Crippen molar-refractivity contribution in [2.75, 3.05) is 0 Å². The molecule has 0 aliphatic carbocycles. The Kier molecular flexibility index (Phi) is 6.28. The Morgan fingerprint density at radius 2 is 1.30 bits per heavy atom. The topological polar surface area (TPSA) is 34.1 Å². The Bertz CT molecular complexity index is 631. The molecule has 0 aliphatic heterocycles. The minimum atomic E-state index is -0.219. The fourth-order valence-corrected chi connectivity index (χ4v) is 2.78. The van der Waals surface area contributed by atoms with Crippen molar-refractivity contribution in [2.45, 2.75) is 33.1 Å². The summed E-state index contributed by atoms with van der Waals surface area (Å²) in [6.45, 7) is 3.54. The van der Waals surface area contributed by atoms with Gasteiger partial charge in [-0.25, -0.2) is 0 Å². The van der Waals surface area contributed by atoms with E-state index in [4.69, 9.17) is 0 Å². The van der Waals surface area contributed by atoms with Gasteiger partial charge in [-0.2, -0.15) is 0 Å². The van der Waals surface area contributed by atoms with E-state index in [0.717, 1.165) is 17.5 Å². The van der Waals surface area contributed by atoms with E-state index >= 15 is 0 Å². The molecule has 0 aromatic heterocycles. The Labute approximate surface area is 138 Å². The SMILES string of the molecule is CC(=O)C(CC(=O)[C@H](C)Cc1ccccc1)Cc1ccccc1. The highest BCUT2D eigenvalue weighted by Crippen LogP contribution is 2.18. The summed E-state index contributed by atoms with van der Waals surface area (Å²) in [6, 6.07) is 19.9. The van der Waals surface area contributed by atoms with Gasteiger partial charge in [-0.05, 0) is 30.9 Å². The average Bonchev–Trinajstić information content (AvgIpc) is 2.56. The van der Waals surface area contributed by atoms with Crippen LogP contribution in [0.4, 0.5) is 0 Å². The molecular weight excluding hydrogens is 284 g/mol. The first-order valence-electron chi connectivity index (χ1n) is 8.17. The summed E-state index contributed by atoms with van der Waals surface area (Å²) in [5.41, 5.74) is 2.27. The fourth-order valence-electron chi connectivity index (χ4n) is 2.78.